The molecule has 57 heavy (non-hydrogen) atoms. The van der Waals surface area contributed by atoms with Crippen molar-refractivity contribution in [3.63, 3.8) is 0 Å². The number of rotatable bonds is 6. The van der Waals surface area contributed by atoms with Gasteiger partial charge in [0.2, 0.25) is 0 Å². The highest BCUT2D eigenvalue weighted by molar-refractivity contribution is 5.84. The summed E-state index contributed by atoms with van der Waals surface area (Å²) in [6.45, 7) is 2.06. The average molecular weight is 771 g/mol. The normalized spacial score (nSPS) is 27.4. The van der Waals surface area contributed by atoms with E-state index in [0.717, 1.165) is 81.6 Å². The van der Waals surface area contributed by atoms with Gasteiger partial charge in [-0.05, 0) is 98.5 Å². The highest BCUT2D eigenvalue weighted by Gasteiger charge is 2.51. The third kappa shape index (κ3) is 6.31. The molecule has 4 heterocycles. The van der Waals surface area contributed by atoms with Crippen LogP contribution in [0.25, 0.3) is 17.2 Å². The van der Waals surface area contributed by atoms with E-state index in [1.54, 1.807) is 19.2 Å². The Labute approximate surface area is 333 Å². The number of carbonyl (C=O) groups excluding carboxylic acids is 1. The molecular weight excluding hydrogens is 721 g/mol. The molecule has 11 nitrogen and oxygen atoms in total. The van der Waals surface area contributed by atoms with Gasteiger partial charge in [0.05, 0.1) is 30.9 Å². The molecule has 3 aromatic rings. The summed E-state index contributed by atoms with van der Waals surface area (Å²) in [4.78, 5) is 12.5. The average Bonchev–Trinajstić information content (AvgIpc) is 3.69. The van der Waals surface area contributed by atoms with Crippen molar-refractivity contribution in [1.82, 2.24) is 16.0 Å². The molecule has 2 aliphatic carbocycles. The van der Waals surface area contributed by atoms with E-state index in [-0.39, 0.29) is 53.7 Å². The van der Waals surface area contributed by atoms with Gasteiger partial charge in [0.1, 0.15) is 36.1 Å². The topological polar surface area (TPSA) is 157 Å². The molecule has 11 heteroatoms. The fourth-order valence-corrected chi connectivity index (χ4v) is 10.4. The Hall–Kier alpha value is -5.41. The predicted octanol–water partition coefficient (Wildman–Crippen LogP) is 5.38. The fourth-order valence-electron chi connectivity index (χ4n) is 10.4. The van der Waals surface area contributed by atoms with Crippen LogP contribution < -0.4 is 35.9 Å². The minimum Gasteiger partial charge on any atom is -0.508 e. The van der Waals surface area contributed by atoms with Crippen molar-refractivity contribution in [1.29, 1.82) is 0 Å². The van der Waals surface area contributed by atoms with E-state index < -0.39 is 6.10 Å². The predicted molar refractivity (Wildman–Crippen MR) is 217 cm³/mol. The van der Waals surface area contributed by atoms with Gasteiger partial charge in [0.25, 0.3) is 0 Å². The minimum atomic E-state index is -0.624. The summed E-state index contributed by atoms with van der Waals surface area (Å²) in [6, 6.07) is 9.43. The summed E-state index contributed by atoms with van der Waals surface area (Å²) in [5, 5.41) is 32.7. The number of nitrogens with one attached hydrogen (secondary N) is 3. The molecule has 0 aromatic heterocycles. The first-order chi connectivity index (χ1) is 27.6. The standard InChI is InChI=1S/C46H50N4O7/c1-24(51)55-23-33-30-9-10-31-40-28(17-29(52)19-37(40)54-4)21-46-15-14-25(20-46)16-26-8-13-39(47)50-34(26)7-5-6-27-18-36(53)43-32(41(27)44(33)57-45(30)42(31)46)11-12-35(49-3)38(56-43)22-48-2/h8-13,17-19,25,33,35,38-39,44,48-50,52-53H,6,14-16,20-23,47H2,1-4H3. The number of fused-ring (bicyclic) bond motifs is 8. The van der Waals surface area contributed by atoms with E-state index in [4.69, 9.17) is 24.7 Å². The maximum absolute atomic E-state index is 12.5. The number of carbonyl (C=O) groups is 1. The summed E-state index contributed by atoms with van der Waals surface area (Å²) in [5.41, 5.74) is 15.5. The van der Waals surface area contributed by atoms with E-state index in [1.165, 1.54) is 6.92 Å². The number of nitrogens with two attached hydrogens (primary N) is 1. The van der Waals surface area contributed by atoms with Crippen LogP contribution in [0.5, 0.6) is 28.7 Å². The van der Waals surface area contributed by atoms with Crippen LogP contribution in [-0.4, -0.2) is 68.9 Å². The molecule has 3 aromatic carbocycles. The third-order valence-corrected chi connectivity index (χ3v) is 12.8. The highest BCUT2D eigenvalue weighted by atomic mass is 16.5. The second kappa shape index (κ2) is 14.5. The molecule has 0 radical (unpaired) electrons. The van der Waals surface area contributed by atoms with Gasteiger partial charge in [0.15, 0.2) is 11.5 Å². The van der Waals surface area contributed by atoms with Crippen LogP contribution in [0.1, 0.15) is 78.0 Å². The van der Waals surface area contributed by atoms with Crippen molar-refractivity contribution < 1.29 is 34.0 Å². The first-order valence-corrected chi connectivity index (χ1v) is 20.0. The first-order valence-electron chi connectivity index (χ1n) is 20.0. The van der Waals surface area contributed by atoms with Crippen molar-refractivity contribution >= 4 is 12.0 Å². The molecule has 1 spiro atoms. The van der Waals surface area contributed by atoms with Gasteiger partial charge < -0.3 is 50.8 Å². The molecule has 4 bridgehead atoms. The van der Waals surface area contributed by atoms with Crippen LogP contribution in [0.3, 0.4) is 0 Å². The van der Waals surface area contributed by atoms with Crippen molar-refractivity contribution in [2.75, 3.05) is 34.4 Å². The van der Waals surface area contributed by atoms with Crippen LogP contribution in [0.2, 0.25) is 0 Å². The van der Waals surface area contributed by atoms with Crippen LogP contribution in [0.15, 0.2) is 59.8 Å². The number of phenols is 2. The van der Waals surface area contributed by atoms with Crippen molar-refractivity contribution in [2.24, 2.45) is 11.7 Å². The molecule has 7 unspecified atom stereocenters. The van der Waals surface area contributed by atoms with Gasteiger partial charge in [-0.2, -0.15) is 0 Å². The number of ether oxygens (including phenoxy) is 4. The van der Waals surface area contributed by atoms with Gasteiger partial charge in [-0.25, -0.2) is 0 Å². The number of hydrogen-bond donors (Lipinski definition) is 6. The van der Waals surface area contributed by atoms with Crippen LogP contribution >= 0.6 is 0 Å². The molecule has 296 valence electrons. The number of dihydropyridines is 1. The summed E-state index contributed by atoms with van der Waals surface area (Å²) in [6.07, 6.45) is 11.5. The van der Waals surface area contributed by atoms with Gasteiger partial charge in [-0.15, -0.1) is 0 Å². The number of aromatic hydroxyl groups is 2. The molecule has 1 fully saturated rings. The fraction of sp³-hybridized carbons (Fsp3) is 0.413. The van der Waals surface area contributed by atoms with E-state index in [2.05, 4.69) is 52.1 Å². The maximum Gasteiger partial charge on any atom is 0.302 e. The summed E-state index contributed by atoms with van der Waals surface area (Å²) < 4.78 is 25.9. The van der Waals surface area contributed by atoms with Crippen LogP contribution in [-0.2, 0) is 27.8 Å². The Bertz CT molecular complexity index is 2320. The molecule has 7 N–H and O–H groups in total. The van der Waals surface area contributed by atoms with Crippen molar-refractivity contribution in [3.05, 3.63) is 93.2 Å². The number of allylic oxidation sites excluding steroid dienone is 3. The van der Waals surface area contributed by atoms with Gasteiger partial charge in [-0.3, -0.25) is 4.79 Å². The van der Waals surface area contributed by atoms with E-state index >= 15 is 0 Å². The second-order valence-electron chi connectivity index (χ2n) is 16.3. The zero-order chi connectivity index (χ0) is 39.6. The number of phenolic OH excluding ortho intramolecular Hbond substituents is 2. The quantitative estimate of drug-likeness (QED) is 0.141. The zero-order valence-corrected chi connectivity index (χ0v) is 32.8. The number of methoxy groups -OCH3 is 1. The molecule has 1 saturated carbocycles. The third-order valence-electron chi connectivity index (χ3n) is 12.8. The Morgan fingerprint density at radius 1 is 1.11 bits per heavy atom. The smallest absolute Gasteiger partial charge is 0.302 e. The van der Waals surface area contributed by atoms with Crippen LogP contribution in [0.4, 0.5) is 0 Å². The molecule has 0 saturated heterocycles. The Morgan fingerprint density at radius 2 is 1.96 bits per heavy atom. The SMILES string of the molecule is CNCC1Oc2c(O)cc3c(c2C=CC1NC)C1Oc2c(ccc4c2C2(CCC(CC5=C(C#CC3)NC(N)C=C5)C2)Cc2cc(O)cc(OC)c2-4)C1COC(C)=O. The first kappa shape index (κ1) is 37.2. The Morgan fingerprint density at radius 3 is 2.75 bits per heavy atom. The zero-order valence-electron chi connectivity index (χ0n) is 32.8. The molecule has 4 aliphatic heterocycles. The molecule has 7 atom stereocenters. The summed E-state index contributed by atoms with van der Waals surface area (Å²) in [5.74, 6) is 8.42. The Kier molecular flexibility index (Phi) is 9.47. The number of benzene rings is 3. The number of likely N-dealkylation sites (N-methyl/N-ethyl adjacent to an activating group) is 2. The second-order valence-corrected chi connectivity index (χ2v) is 16.3. The van der Waals surface area contributed by atoms with Crippen molar-refractivity contribution in [3.8, 4) is 51.7 Å². The van der Waals surface area contributed by atoms with E-state index in [0.29, 0.717) is 42.4 Å². The maximum atomic E-state index is 12.5. The van der Waals surface area contributed by atoms with E-state index in [9.17, 15) is 15.0 Å². The van der Waals surface area contributed by atoms with Crippen molar-refractivity contribution in [2.45, 2.75) is 81.2 Å². The van der Waals surface area contributed by atoms with Gasteiger partial charge in [-0.1, -0.05) is 36.3 Å². The Balaban J connectivity index is 1.32. The lowest BCUT2D eigenvalue weighted by Gasteiger charge is -2.39. The largest absolute Gasteiger partial charge is 0.508 e. The monoisotopic (exact) mass is 770 g/mol. The molecule has 6 aliphatic rings. The molecule has 9 rings (SSSR count). The minimum absolute atomic E-state index is 0.0132. The highest BCUT2D eigenvalue weighted by Crippen LogP contribution is 2.63. The number of esters is 1. The lowest BCUT2D eigenvalue weighted by molar-refractivity contribution is -0.141. The lowest BCUT2D eigenvalue weighted by atomic mass is 9.65. The van der Waals surface area contributed by atoms with Crippen LogP contribution in [0, 0.1) is 17.8 Å². The number of hydrogen-bond acceptors (Lipinski definition) is 11. The molecule has 0 amide bonds. The summed E-state index contributed by atoms with van der Waals surface area (Å²) >= 11 is 0. The summed E-state index contributed by atoms with van der Waals surface area (Å²) in [7, 11) is 5.40. The van der Waals surface area contributed by atoms with Gasteiger partial charge >= 0.3 is 5.97 Å². The molecular formula is C46H50N4O7. The lowest BCUT2D eigenvalue weighted by Crippen LogP contribution is -2.44. The van der Waals surface area contributed by atoms with Gasteiger partial charge in [0, 0.05) is 59.2 Å². The van der Waals surface area contributed by atoms with E-state index in [1.807, 2.05) is 32.3 Å².